The molecule has 0 fully saturated rings. The Hall–Kier alpha value is -1.78. The summed E-state index contributed by atoms with van der Waals surface area (Å²) in [6.45, 7) is 4.57. The van der Waals surface area contributed by atoms with E-state index in [9.17, 15) is 13.2 Å². The predicted octanol–water partition coefficient (Wildman–Crippen LogP) is 4.43. The van der Waals surface area contributed by atoms with Gasteiger partial charge in [0.2, 0.25) is 0 Å². The fourth-order valence-corrected chi connectivity index (χ4v) is 2.14. The minimum absolute atomic E-state index is 0.0113. The molecule has 0 saturated heterocycles. The quantitative estimate of drug-likeness (QED) is 0.821. The van der Waals surface area contributed by atoms with Crippen LogP contribution in [0.1, 0.15) is 32.4 Å². The van der Waals surface area contributed by atoms with Crippen molar-refractivity contribution in [2.45, 2.75) is 33.1 Å². The van der Waals surface area contributed by atoms with Gasteiger partial charge in [-0.05, 0) is 18.9 Å². The molecule has 2 rings (SSSR count). The van der Waals surface area contributed by atoms with Crippen LogP contribution in [0.3, 0.4) is 0 Å². The standard InChI is InChI=1S/C15H17F3N2/c1-3-5-9-7-12(19-6-4-2)13-10(16)8-11(17)14(18)15(13)20-9/h7-8H,3-6H2,1-2H3,(H,19,20). The van der Waals surface area contributed by atoms with E-state index in [1.165, 1.54) is 0 Å². The summed E-state index contributed by atoms with van der Waals surface area (Å²) in [5.41, 5.74) is 0.853. The number of hydrogen-bond donors (Lipinski definition) is 1. The number of halogens is 3. The lowest BCUT2D eigenvalue weighted by Gasteiger charge is -2.12. The van der Waals surface area contributed by atoms with Crippen LogP contribution >= 0.6 is 0 Å². The SMILES string of the molecule is CCCNc1cc(CCC)nc2c(F)c(F)cc(F)c12. The van der Waals surface area contributed by atoms with Crippen LogP contribution in [0.4, 0.5) is 18.9 Å². The summed E-state index contributed by atoms with van der Waals surface area (Å²) in [5, 5.41) is 3.07. The van der Waals surface area contributed by atoms with Crippen molar-refractivity contribution in [1.29, 1.82) is 0 Å². The van der Waals surface area contributed by atoms with Crippen molar-refractivity contribution in [3.63, 3.8) is 0 Å². The Labute approximate surface area is 116 Å². The Morgan fingerprint density at radius 3 is 2.45 bits per heavy atom. The molecule has 1 N–H and O–H groups in total. The van der Waals surface area contributed by atoms with Gasteiger partial charge in [0.1, 0.15) is 11.3 Å². The summed E-state index contributed by atoms with van der Waals surface area (Å²) in [5.74, 6) is -3.11. The molecule has 0 aliphatic carbocycles. The molecule has 0 bridgehead atoms. The maximum Gasteiger partial charge on any atom is 0.185 e. The van der Waals surface area contributed by atoms with Crippen molar-refractivity contribution in [2.75, 3.05) is 11.9 Å². The van der Waals surface area contributed by atoms with Gasteiger partial charge >= 0.3 is 0 Å². The van der Waals surface area contributed by atoms with Gasteiger partial charge in [-0.2, -0.15) is 0 Å². The molecule has 2 aromatic rings. The van der Waals surface area contributed by atoms with Crippen LogP contribution in [0, 0.1) is 17.5 Å². The molecular formula is C15H17F3N2. The molecule has 0 unspecified atom stereocenters. The lowest BCUT2D eigenvalue weighted by molar-refractivity contribution is 0.504. The first-order valence-corrected chi connectivity index (χ1v) is 6.79. The summed E-state index contributed by atoms with van der Waals surface area (Å²) in [7, 11) is 0. The summed E-state index contributed by atoms with van der Waals surface area (Å²) in [6.07, 6.45) is 2.30. The van der Waals surface area contributed by atoms with E-state index in [0.717, 1.165) is 12.8 Å². The molecule has 0 spiro atoms. The molecule has 1 heterocycles. The normalized spacial score (nSPS) is 11.1. The maximum atomic E-state index is 13.9. The largest absolute Gasteiger partial charge is 0.384 e. The van der Waals surface area contributed by atoms with Gasteiger partial charge in [0.15, 0.2) is 11.6 Å². The molecule has 0 atom stereocenters. The van der Waals surface area contributed by atoms with Crippen molar-refractivity contribution < 1.29 is 13.2 Å². The highest BCUT2D eigenvalue weighted by Gasteiger charge is 2.17. The fraction of sp³-hybridized carbons (Fsp3) is 0.400. The summed E-state index contributed by atoms with van der Waals surface area (Å²) in [4.78, 5) is 4.06. The predicted molar refractivity (Wildman–Crippen MR) is 74.4 cm³/mol. The molecule has 0 amide bonds. The molecule has 108 valence electrons. The zero-order valence-electron chi connectivity index (χ0n) is 11.6. The van der Waals surface area contributed by atoms with Gasteiger partial charge in [-0.25, -0.2) is 18.2 Å². The first kappa shape index (κ1) is 14.6. The number of nitrogens with zero attached hydrogens (tertiary/aromatic N) is 1. The number of hydrogen-bond acceptors (Lipinski definition) is 2. The van der Waals surface area contributed by atoms with Gasteiger partial charge in [-0.1, -0.05) is 20.3 Å². The Bertz CT molecular complexity index is 626. The molecule has 0 aliphatic rings. The second-order valence-electron chi connectivity index (χ2n) is 4.72. The highest BCUT2D eigenvalue weighted by atomic mass is 19.2. The summed E-state index contributed by atoms with van der Waals surface area (Å²) >= 11 is 0. The summed E-state index contributed by atoms with van der Waals surface area (Å²) in [6, 6.07) is 2.28. The number of anilines is 1. The van der Waals surface area contributed by atoms with Crippen LogP contribution in [-0.2, 0) is 6.42 Å². The Morgan fingerprint density at radius 2 is 1.80 bits per heavy atom. The molecule has 5 heteroatoms. The second kappa shape index (κ2) is 6.11. The Kier molecular flexibility index (Phi) is 4.47. The van der Waals surface area contributed by atoms with Gasteiger partial charge in [0.05, 0.1) is 5.39 Å². The van der Waals surface area contributed by atoms with Crippen molar-refractivity contribution in [1.82, 2.24) is 4.98 Å². The van der Waals surface area contributed by atoms with E-state index in [1.54, 1.807) is 6.07 Å². The van der Waals surface area contributed by atoms with Crippen LogP contribution in [-0.4, -0.2) is 11.5 Å². The molecule has 1 aromatic heterocycles. The highest BCUT2D eigenvalue weighted by molar-refractivity contribution is 5.92. The zero-order chi connectivity index (χ0) is 14.7. The van der Waals surface area contributed by atoms with Gasteiger partial charge in [-0.3, -0.25) is 0 Å². The van der Waals surface area contributed by atoms with E-state index in [-0.39, 0.29) is 10.9 Å². The van der Waals surface area contributed by atoms with Crippen molar-refractivity contribution in [3.8, 4) is 0 Å². The lowest BCUT2D eigenvalue weighted by Crippen LogP contribution is -2.05. The second-order valence-corrected chi connectivity index (χ2v) is 4.72. The van der Waals surface area contributed by atoms with Crippen LogP contribution in [0.25, 0.3) is 10.9 Å². The van der Waals surface area contributed by atoms with Gasteiger partial charge in [0, 0.05) is 24.0 Å². The molecule has 1 aromatic carbocycles. The minimum atomic E-state index is -1.21. The lowest BCUT2D eigenvalue weighted by atomic mass is 10.1. The average molecular weight is 282 g/mol. The van der Waals surface area contributed by atoms with Crippen molar-refractivity contribution in [3.05, 3.63) is 35.3 Å². The molecule has 0 aliphatic heterocycles. The van der Waals surface area contributed by atoms with Crippen LogP contribution in [0.2, 0.25) is 0 Å². The fourth-order valence-electron chi connectivity index (χ4n) is 2.14. The number of nitrogens with one attached hydrogen (secondary N) is 1. The number of aromatic nitrogens is 1. The Morgan fingerprint density at radius 1 is 1.05 bits per heavy atom. The minimum Gasteiger partial charge on any atom is -0.384 e. The molecule has 0 saturated carbocycles. The van der Waals surface area contributed by atoms with Crippen LogP contribution in [0.5, 0.6) is 0 Å². The molecule has 0 radical (unpaired) electrons. The topological polar surface area (TPSA) is 24.9 Å². The van der Waals surface area contributed by atoms with Gasteiger partial charge < -0.3 is 5.32 Å². The van der Waals surface area contributed by atoms with E-state index in [0.29, 0.717) is 30.4 Å². The van der Waals surface area contributed by atoms with Gasteiger partial charge in [0.25, 0.3) is 0 Å². The van der Waals surface area contributed by atoms with E-state index >= 15 is 0 Å². The van der Waals surface area contributed by atoms with Gasteiger partial charge in [-0.15, -0.1) is 0 Å². The number of rotatable bonds is 5. The van der Waals surface area contributed by atoms with E-state index in [4.69, 9.17) is 0 Å². The van der Waals surface area contributed by atoms with Crippen molar-refractivity contribution >= 4 is 16.6 Å². The monoisotopic (exact) mass is 282 g/mol. The first-order chi connectivity index (χ1) is 9.58. The van der Waals surface area contributed by atoms with Crippen LogP contribution in [0.15, 0.2) is 12.1 Å². The number of aryl methyl sites for hydroxylation is 1. The number of benzene rings is 1. The third-order valence-electron chi connectivity index (χ3n) is 3.05. The molecular weight excluding hydrogens is 265 g/mol. The van der Waals surface area contributed by atoms with E-state index in [1.807, 2.05) is 13.8 Å². The number of pyridine rings is 1. The highest BCUT2D eigenvalue weighted by Crippen LogP contribution is 2.30. The molecule has 2 nitrogen and oxygen atoms in total. The Balaban J connectivity index is 2.70. The number of fused-ring (bicyclic) bond motifs is 1. The van der Waals surface area contributed by atoms with E-state index < -0.39 is 17.5 Å². The summed E-state index contributed by atoms with van der Waals surface area (Å²) < 4.78 is 41.1. The van der Waals surface area contributed by atoms with Crippen molar-refractivity contribution in [2.24, 2.45) is 0 Å². The third kappa shape index (κ3) is 2.71. The molecule has 20 heavy (non-hydrogen) atoms. The zero-order valence-corrected chi connectivity index (χ0v) is 11.6. The first-order valence-electron chi connectivity index (χ1n) is 6.79. The average Bonchev–Trinajstić information content (AvgIpc) is 2.42. The third-order valence-corrected chi connectivity index (χ3v) is 3.05. The maximum absolute atomic E-state index is 13.9. The van der Waals surface area contributed by atoms with Crippen LogP contribution < -0.4 is 5.32 Å². The smallest absolute Gasteiger partial charge is 0.185 e. The van der Waals surface area contributed by atoms with E-state index in [2.05, 4.69) is 10.3 Å².